The molecule has 0 bridgehead atoms. The van der Waals surface area contributed by atoms with Gasteiger partial charge < -0.3 is 10.1 Å². The van der Waals surface area contributed by atoms with Crippen molar-refractivity contribution < 1.29 is 13.2 Å². The van der Waals surface area contributed by atoms with Crippen molar-refractivity contribution in [1.29, 1.82) is 0 Å². The first-order valence-electron chi connectivity index (χ1n) is 7.01. The second-order valence-electron chi connectivity index (χ2n) is 4.40. The van der Waals surface area contributed by atoms with E-state index in [-0.39, 0.29) is 4.90 Å². The SMILES string of the molecule is CCCNc1ccc(S(=O)(=O)NCCCOCC)cc1. The lowest BCUT2D eigenvalue weighted by Crippen LogP contribution is -2.25. The van der Waals surface area contributed by atoms with E-state index in [1.165, 1.54) is 0 Å². The first-order valence-corrected chi connectivity index (χ1v) is 8.49. The minimum Gasteiger partial charge on any atom is -0.385 e. The van der Waals surface area contributed by atoms with E-state index in [2.05, 4.69) is 17.0 Å². The summed E-state index contributed by atoms with van der Waals surface area (Å²) in [6.45, 7) is 6.48. The Hall–Kier alpha value is -1.11. The van der Waals surface area contributed by atoms with Crippen molar-refractivity contribution in [2.24, 2.45) is 0 Å². The van der Waals surface area contributed by atoms with E-state index < -0.39 is 10.0 Å². The standard InChI is InChI=1S/C14H24N2O3S/c1-3-10-15-13-6-8-14(9-7-13)20(17,18)16-11-5-12-19-4-2/h6-9,15-16H,3-5,10-12H2,1-2H3. The van der Waals surface area contributed by atoms with Gasteiger partial charge in [0.1, 0.15) is 0 Å². The van der Waals surface area contributed by atoms with Gasteiger partial charge in [-0.1, -0.05) is 6.92 Å². The van der Waals surface area contributed by atoms with Crippen LogP contribution in [0.5, 0.6) is 0 Å². The van der Waals surface area contributed by atoms with Gasteiger partial charge in [0.05, 0.1) is 4.90 Å². The molecule has 0 spiro atoms. The number of ether oxygens (including phenoxy) is 1. The smallest absolute Gasteiger partial charge is 0.240 e. The topological polar surface area (TPSA) is 67.4 Å². The van der Waals surface area contributed by atoms with Crippen LogP contribution < -0.4 is 10.0 Å². The van der Waals surface area contributed by atoms with Crippen molar-refractivity contribution in [1.82, 2.24) is 4.72 Å². The molecule has 0 amide bonds. The Balaban J connectivity index is 2.50. The van der Waals surface area contributed by atoms with Gasteiger partial charge in [0, 0.05) is 32.0 Å². The molecule has 6 heteroatoms. The Morgan fingerprint density at radius 1 is 1.10 bits per heavy atom. The van der Waals surface area contributed by atoms with E-state index in [4.69, 9.17) is 4.74 Å². The predicted octanol–water partition coefficient (Wildman–Crippen LogP) is 2.21. The maximum absolute atomic E-state index is 12.0. The third kappa shape index (κ3) is 5.90. The highest BCUT2D eigenvalue weighted by atomic mass is 32.2. The van der Waals surface area contributed by atoms with Crippen LogP contribution in [0.3, 0.4) is 0 Å². The molecular weight excluding hydrogens is 276 g/mol. The number of hydrogen-bond acceptors (Lipinski definition) is 4. The molecule has 1 aromatic carbocycles. The van der Waals surface area contributed by atoms with E-state index >= 15 is 0 Å². The monoisotopic (exact) mass is 300 g/mol. The number of hydrogen-bond donors (Lipinski definition) is 2. The molecule has 0 saturated heterocycles. The molecule has 2 N–H and O–H groups in total. The van der Waals surface area contributed by atoms with Crippen LogP contribution in [0.15, 0.2) is 29.2 Å². The van der Waals surface area contributed by atoms with Crippen molar-refractivity contribution in [3.8, 4) is 0 Å². The summed E-state index contributed by atoms with van der Waals surface area (Å²) < 4.78 is 31.8. The Morgan fingerprint density at radius 2 is 1.80 bits per heavy atom. The molecule has 0 aromatic heterocycles. The quantitative estimate of drug-likeness (QED) is 0.650. The van der Waals surface area contributed by atoms with Crippen LogP contribution in [0.4, 0.5) is 5.69 Å². The van der Waals surface area contributed by atoms with E-state index in [1.54, 1.807) is 24.3 Å². The third-order valence-corrected chi connectivity index (χ3v) is 4.18. The molecule has 0 radical (unpaired) electrons. The van der Waals surface area contributed by atoms with Crippen LogP contribution in [0.2, 0.25) is 0 Å². The Bertz CT molecular complexity index is 472. The second kappa shape index (κ2) is 8.94. The average molecular weight is 300 g/mol. The maximum atomic E-state index is 12.0. The van der Waals surface area contributed by atoms with Crippen LogP contribution in [-0.4, -0.2) is 34.7 Å². The fourth-order valence-electron chi connectivity index (χ4n) is 1.63. The highest BCUT2D eigenvalue weighted by molar-refractivity contribution is 7.89. The second-order valence-corrected chi connectivity index (χ2v) is 6.17. The number of sulfonamides is 1. The summed E-state index contributed by atoms with van der Waals surface area (Å²) >= 11 is 0. The molecule has 114 valence electrons. The molecule has 0 atom stereocenters. The third-order valence-electron chi connectivity index (χ3n) is 2.71. The van der Waals surface area contributed by atoms with Gasteiger partial charge in [-0.2, -0.15) is 0 Å². The lowest BCUT2D eigenvalue weighted by molar-refractivity contribution is 0.146. The maximum Gasteiger partial charge on any atom is 0.240 e. The zero-order chi connectivity index (χ0) is 14.8. The van der Waals surface area contributed by atoms with Gasteiger partial charge >= 0.3 is 0 Å². The Labute approximate surface area is 121 Å². The molecule has 1 aromatic rings. The number of rotatable bonds is 10. The van der Waals surface area contributed by atoms with Crippen molar-refractivity contribution in [3.63, 3.8) is 0 Å². The predicted molar refractivity (Wildman–Crippen MR) is 81.5 cm³/mol. The molecule has 0 heterocycles. The van der Waals surface area contributed by atoms with Crippen molar-refractivity contribution >= 4 is 15.7 Å². The highest BCUT2D eigenvalue weighted by Gasteiger charge is 2.12. The normalized spacial score (nSPS) is 11.5. The van der Waals surface area contributed by atoms with Crippen molar-refractivity contribution in [2.45, 2.75) is 31.6 Å². The van der Waals surface area contributed by atoms with Crippen LogP contribution in [0, 0.1) is 0 Å². The van der Waals surface area contributed by atoms with Gasteiger partial charge in [-0.05, 0) is 44.0 Å². The van der Waals surface area contributed by atoms with Gasteiger partial charge in [0.15, 0.2) is 0 Å². The molecule has 0 aliphatic carbocycles. The molecule has 5 nitrogen and oxygen atoms in total. The van der Waals surface area contributed by atoms with Crippen LogP contribution in [0.25, 0.3) is 0 Å². The van der Waals surface area contributed by atoms with E-state index in [9.17, 15) is 8.42 Å². The number of anilines is 1. The van der Waals surface area contributed by atoms with Gasteiger partial charge in [-0.15, -0.1) is 0 Å². The van der Waals surface area contributed by atoms with E-state index in [0.717, 1.165) is 18.7 Å². The minimum atomic E-state index is -3.42. The molecule has 1 rings (SSSR count). The van der Waals surface area contributed by atoms with Crippen molar-refractivity contribution in [2.75, 3.05) is 31.6 Å². The minimum absolute atomic E-state index is 0.288. The molecule has 0 aliphatic rings. The van der Waals surface area contributed by atoms with Gasteiger partial charge in [0.25, 0.3) is 0 Å². The summed E-state index contributed by atoms with van der Waals surface area (Å²) in [6.07, 6.45) is 1.70. The first-order chi connectivity index (χ1) is 9.60. The number of nitrogens with one attached hydrogen (secondary N) is 2. The molecule has 0 saturated carbocycles. The van der Waals surface area contributed by atoms with Crippen molar-refractivity contribution in [3.05, 3.63) is 24.3 Å². The summed E-state index contributed by atoms with van der Waals surface area (Å²) in [5.74, 6) is 0. The summed E-state index contributed by atoms with van der Waals surface area (Å²) in [6, 6.07) is 6.79. The molecule has 0 fully saturated rings. The lowest BCUT2D eigenvalue weighted by Gasteiger charge is -2.08. The zero-order valence-electron chi connectivity index (χ0n) is 12.2. The summed E-state index contributed by atoms with van der Waals surface area (Å²) in [7, 11) is -3.42. The summed E-state index contributed by atoms with van der Waals surface area (Å²) in [5, 5.41) is 3.21. The number of benzene rings is 1. The van der Waals surface area contributed by atoms with E-state index in [0.29, 0.717) is 26.2 Å². The van der Waals surface area contributed by atoms with Gasteiger partial charge in [-0.3, -0.25) is 0 Å². The van der Waals surface area contributed by atoms with Crippen LogP contribution >= 0.6 is 0 Å². The summed E-state index contributed by atoms with van der Waals surface area (Å²) in [4.78, 5) is 0.288. The fourth-order valence-corrected chi connectivity index (χ4v) is 2.70. The van der Waals surface area contributed by atoms with Crippen LogP contribution in [-0.2, 0) is 14.8 Å². The molecular formula is C14H24N2O3S. The largest absolute Gasteiger partial charge is 0.385 e. The molecule has 20 heavy (non-hydrogen) atoms. The average Bonchev–Trinajstić information content (AvgIpc) is 2.45. The van der Waals surface area contributed by atoms with Gasteiger partial charge in [0.2, 0.25) is 10.0 Å². The molecule has 0 aliphatic heterocycles. The Morgan fingerprint density at radius 3 is 2.40 bits per heavy atom. The summed E-state index contributed by atoms with van der Waals surface area (Å²) in [5.41, 5.74) is 0.933. The van der Waals surface area contributed by atoms with E-state index in [1.807, 2.05) is 6.92 Å². The zero-order valence-corrected chi connectivity index (χ0v) is 13.0. The Kier molecular flexibility index (Phi) is 7.58. The first kappa shape index (κ1) is 16.9. The lowest BCUT2D eigenvalue weighted by atomic mass is 10.3. The van der Waals surface area contributed by atoms with Crippen LogP contribution in [0.1, 0.15) is 26.7 Å². The highest BCUT2D eigenvalue weighted by Crippen LogP contribution is 2.13. The molecule has 0 unspecified atom stereocenters. The fraction of sp³-hybridized carbons (Fsp3) is 0.571. The van der Waals surface area contributed by atoms with Gasteiger partial charge in [-0.25, -0.2) is 13.1 Å².